The van der Waals surface area contributed by atoms with Gasteiger partial charge in [0.05, 0.1) is 11.4 Å². The number of hydrogen-bond donors (Lipinski definition) is 1. The minimum absolute atomic E-state index is 0.0127. The van der Waals surface area contributed by atoms with Gasteiger partial charge in [-0.05, 0) is 18.2 Å². The SMILES string of the molecule is C=CC1CC(=O)N(c2cc(Cl)ccc2NC(C)=O)C1. The lowest BCUT2D eigenvalue weighted by atomic mass is 10.1. The van der Waals surface area contributed by atoms with Crippen molar-refractivity contribution in [2.75, 3.05) is 16.8 Å². The summed E-state index contributed by atoms with van der Waals surface area (Å²) in [6.07, 6.45) is 2.22. The second kappa shape index (κ2) is 5.45. The van der Waals surface area contributed by atoms with Crippen LogP contribution in [-0.4, -0.2) is 18.4 Å². The van der Waals surface area contributed by atoms with E-state index in [1.165, 1.54) is 6.92 Å². The van der Waals surface area contributed by atoms with Gasteiger partial charge in [-0.1, -0.05) is 17.7 Å². The lowest BCUT2D eigenvalue weighted by Crippen LogP contribution is -2.26. The molecule has 0 aliphatic carbocycles. The average Bonchev–Trinajstić information content (AvgIpc) is 2.72. The van der Waals surface area contributed by atoms with Crippen LogP contribution in [0.2, 0.25) is 5.02 Å². The molecule has 100 valence electrons. The largest absolute Gasteiger partial charge is 0.325 e. The molecule has 0 bridgehead atoms. The van der Waals surface area contributed by atoms with Crippen LogP contribution in [-0.2, 0) is 9.59 Å². The molecule has 1 heterocycles. The fourth-order valence-electron chi connectivity index (χ4n) is 2.15. The summed E-state index contributed by atoms with van der Waals surface area (Å²) in [5.74, 6) is -0.0362. The third-order valence-electron chi connectivity index (χ3n) is 3.05. The third-order valence-corrected chi connectivity index (χ3v) is 3.28. The van der Waals surface area contributed by atoms with Crippen molar-refractivity contribution < 1.29 is 9.59 Å². The van der Waals surface area contributed by atoms with E-state index in [0.29, 0.717) is 29.4 Å². The van der Waals surface area contributed by atoms with Gasteiger partial charge in [0.25, 0.3) is 0 Å². The van der Waals surface area contributed by atoms with Crippen molar-refractivity contribution in [3.63, 3.8) is 0 Å². The van der Waals surface area contributed by atoms with E-state index in [1.807, 2.05) is 0 Å². The highest BCUT2D eigenvalue weighted by Crippen LogP contribution is 2.34. The maximum atomic E-state index is 12.0. The molecule has 1 aliphatic rings. The number of nitrogens with one attached hydrogen (secondary N) is 1. The van der Waals surface area contributed by atoms with Crippen molar-refractivity contribution in [2.45, 2.75) is 13.3 Å². The van der Waals surface area contributed by atoms with Crippen LogP contribution in [0.3, 0.4) is 0 Å². The van der Waals surface area contributed by atoms with Gasteiger partial charge in [0.1, 0.15) is 0 Å². The second-order valence-electron chi connectivity index (χ2n) is 4.55. The molecular formula is C14H15ClN2O2. The summed E-state index contributed by atoms with van der Waals surface area (Å²) in [6.45, 7) is 5.71. The number of anilines is 2. The summed E-state index contributed by atoms with van der Waals surface area (Å²) in [6, 6.07) is 5.08. The van der Waals surface area contributed by atoms with Gasteiger partial charge in [0, 0.05) is 30.8 Å². The van der Waals surface area contributed by atoms with Crippen LogP contribution in [0.5, 0.6) is 0 Å². The molecule has 1 aromatic rings. The number of carbonyl (C=O) groups excluding carboxylic acids is 2. The fraction of sp³-hybridized carbons (Fsp3) is 0.286. The molecule has 1 atom stereocenters. The summed E-state index contributed by atoms with van der Waals surface area (Å²) in [5.41, 5.74) is 1.23. The van der Waals surface area contributed by atoms with E-state index < -0.39 is 0 Å². The summed E-state index contributed by atoms with van der Waals surface area (Å²) >= 11 is 5.98. The van der Waals surface area contributed by atoms with E-state index in [9.17, 15) is 9.59 Å². The predicted molar refractivity (Wildman–Crippen MR) is 76.4 cm³/mol. The number of benzene rings is 1. The molecule has 2 rings (SSSR count). The van der Waals surface area contributed by atoms with Crippen molar-refractivity contribution in [1.29, 1.82) is 0 Å². The van der Waals surface area contributed by atoms with Crippen LogP contribution in [0.1, 0.15) is 13.3 Å². The van der Waals surface area contributed by atoms with Gasteiger partial charge in [-0.15, -0.1) is 6.58 Å². The minimum Gasteiger partial charge on any atom is -0.325 e. The van der Waals surface area contributed by atoms with Crippen molar-refractivity contribution in [3.8, 4) is 0 Å². The van der Waals surface area contributed by atoms with Gasteiger partial charge in [0.2, 0.25) is 11.8 Å². The van der Waals surface area contributed by atoms with Crippen molar-refractivity contribution in [2.24, 2.45) is 5.92 Å². The van der Waals surface area contributed by atoms with E-state index in [4.69, 9.17) is 11.6 Å². The van der Waals surface area contributed by atoms with Gasteiger partial charge in [-0.2, -0.15) is 0 Å². The number of nitrogens with zero attached hydrogens (tertiary/aromatic N) is 1. The van der Waals surface area contributed by atoms with Crippen LogP contribution in [0.15, 0.2) is 30.9 Å². The van der Waals surface area contributed by atoms with Crippen molar-refractivity contribution in [1.82, 2.24) is 0 Å². The lowest BCUT2D eigenvalue weighted by Gasteiger charge is -2.20. The molecule has 1 saturated heterocycles. The van der Waals surface area contributed by atoms with E-state index in [1.54, 1.807) is 29.2 Å². The Kier molecular flexibility index (Phi) is 3.90. The summed E-state index contributed by atoms with van der Waals surface area (Å²) in [4.78, 5) is 24.9. The normalized spacial score (nSPS) is 18.5. The maximum absolute atomic E-state index is 12.0. The highest BCUT2D eigenvalue weighted by Gasteiger charge is 2.30. The molecule has 1 unspecified atom stereocenters. The van der Waals surface area contributed by atoms with E-state index in [2.05, 4.69) is 11.9 Å². The summed E-state index contributed by atoms with van der Waals surface area (Å²) in [5, 5.41) is 3.24. The quantitative estimate of drug-likeness (QED) is 0.865. The number of halogens is 1. The van der Waals surface area contributed by atoms with E-state index >= 15 is 0 Å². The highest BCUT2D eigenvalue weighted by molar-refractivity contribution is 6.31. The molecule has 1 N–H and O–H groups in total. The van der Waals surface area contributed by atoms with Gasteiger partial charge in [-0.25, -0.2) is 0 Å². The van der Waals surface area contributed by atoms with Gasteiger partial charge in [-0.3, -0.25) is 9.59 Å². The molecule has 0 aromatic heterocycles. The second-order valence-corrected chi connectivity index (χ2v) is 4.98. The topological polar surface area (TPSA) is 49.4 Å². The number of amides is 2. The van der Waals surface area contributed by atoms with E-state index in [0.717, 1.165) is 0 Å². The fourth-order valence-corrected chi connectivity index (χ4v) is 2.32. The first-order chi connectivity index (χ1) is 9.01. The molecule has 1 fully saturated rings. The Morgan fingerprint density at radius 2 is 2.32 bits per heavy atom. The van der Waals surface area contributed by atoms with Crippen LogP contribution in [0, 0.1) is 5.92 Å². The smallest absolute Gasteiger partial charge is 0.227 e. The first-order valence-corrected chi connectivity index (χ1v) is 6.39. The lowest BCUT2D eigenvalue weighted by molar-refractivity contribution is -0.117. The molecule has 5 heteroatoms. The standard InChI is InChI=1S/C14H15ClN2O2/c1-3-10-6-14(19)17(8-10)13-7-11(15)4-5-12(13)16-9(2)18/h3-5,7,10H,1,6,8H2,2H3,(H,16,18). The molecule has 1 aromatic carbocycles. The van der Waals surface area contributed by atoms with Gasteiger partial charge < -0.3 is 10.2 Å². The highest BCUT2D eigenvalue weighted by atomic mass is 35.5. The summed E-state index contributed by atoms with van der Waals surface area (Å²) < 4.78 is 0. The molecule has 19 heavy (non-hydrogen) atoms. The van der Waals surface area contributed by atoms with Gasteiger partial charge in [0.15, 0.2) is 0 Å². The Labute approximate surface area is 117 Å². The first kappa shape index (κ1) is 13.6. The zero-order valence-corrected chi connectivity index (χ0v) is 11.4. The Morgan fingerprint density at radius 3 is 2.89 bits per heavy atom. The van der Waals surface area contributed by atoms with Crippen molar-refractivity contribution >= 4 is 34.8 Å². The molecule has 0 spiro atoms. The summed E-state index contributed by atoms with van der Waals surface area (Å²) in [7, 11) is 0. The Balaban J connectivity index is 2.37. The monoisotopic (exact) mass is 278 g/mol. The Hall–Kier alpha value is -1.81. The Bertz CT molecular complexity index is 542. The number of hydrogen-bond acceptors (Lipinski definition) is 2. The van der Waals surface area contributed by atoms with Crippen LogP contribution in [0.25, 0.3) is 0 Å². The van der Waals surface area contributed by atoms with Gasteiger partial charge >= 0.3 is 0 Å². The van der Waals surface area contributed by atoms with E-state index in [-0.39, 0.29) is 17.7 Å². The number of carbonyl (C=O) groups is 2. The molecular weight excluding hydrogens is 264 g/mol. The zero-order valence-electron chi connectivity index (χ0n) is 10.6. The number of rotatable bonds is 3. The van der Waals surface area contributed by atoms with Crippen LogP contribution in [0.4, 0.5) is 11.4 Å². The third kappa shape index (κ3) is 2.96. The molecule has 4 nitrogen and oxygen atoms in total. The predicted octanol–water partition coefficient (Wildman–Crippen LogP) is 2.84. The average molecular weight is 279 g/mol. The molecule has 1 aliphatic heterocycles. The van der Waals surface area contributed by atoms with Crippen molar-refractivity contribution in [3.05, 3.63) is 35.9 Å². The van der Waals surface area contributed by atoms with Crippen LogP contribution < -0.4 is 10.2 Å². The van der Waals surface area contributed by atoms with Crippen LogP contribution >= 0.6 is 11.6 Å². The minimum atomic E-state index is -0.185. The zero-order chi connectivity index (χ0) is 14.0. The molecule has 0 saturated carbocycles. The maximum Gasteiger partial charge on any atom is 0.227 e. The molecule has 0 radical (unpaired) electrons. The molecule has 2 amide bonds. The first-order valence-electron chi connectivity index (χ1n) is 6.01. The Morgan fingerprint density at radius 1 is 1.58 bits per heavy atom.